The van der Waals surface area contributed by atoms with Crippen LogP contribution in [0.1, 0.15) is 35.8 Å². The van der Waals surface area contributed by atoms with Gasteiger partial charge in [-0.2, -0.15) is 0 Å². The van der Waals surface area contributed by atoms with Gasteiger partial charge in [-0.15, -0.1) is 10.2 Å². The Morgan fingerprint density at radius 1 is 1.22 bits per heavy atom. The van der Waals surface area contributed by atoms with Crippen LogP contribution in [-0.2, 0) is 11.3 Å². The minimum atomic E-state index is 0.0529. The molecule has 8 heteroatoms. The second-order valence-corrected chi connectivity index (χ2v) is 7.75. The third-order valence-corrected chi connectivity index (χ3v) is 5.67. The monoisotopic (exact) mass is 390 g/mol. The van der Waals surface area contributed by atoms with Gasteiger partial charge >= 0.3 is 0 Å². The van der Waals surface area contributed by atoms with Crippen LogP contribution < -0.4 is 9.47 Å². The summed E-state index contributed by atoms with van der Waals surface area (Å²) in [7, 11) is 5.04. The van der Waals surface area contributed by atoms with Crippen molar-refractivity contribution >= 4 is 17.7 Å². The predicted molar refractivity (Wildman–Crippen MR) is 105 cm³/mol. The van der Waals surface area contributed by atoms with Gasteiger partial charge in [-0.05, 0) is 49.9 Å². The Balaban J connectivity index is 1.63. The quantitative estimate of drug-likeness (QED) is 0.646. The van der Waals surface area contributed by atoms with E-state index in [1.165, 1.54) is 24.6 Å². The Labute approximate surface area is 164 Å². The Morgan fingerprint density at radius 3 is 2.52 bits per heavy atom. The lowest BCUT2D eigenvalue weighted by atomic mass is 10.1. The number of thioether (sulfide) groups is 1. The molecule has 1 aliphatic carbocycles. The van der Waals surface area contributed by atoms with Crippen molar-refractivity contribution in [2.75, 3.05) is 27.0 Å². The SMILES string of the molecule is COc1cc(C)c(CN(C)C(=O)CSc2nnc(C)n2C2CC2)cc1OC. The number of hydrogen-bond acceptors (Lipinski definition) is 6. The molecule has 27 heavy (non-hydrogen) atoms. The smallest absolute Gasteiger partial charge is 0.233 e. The highest BCUT2D eigenvalue weighted by Gasteiger charge is 2.28. The summed E-state index contributed by atoms with van der Waals surface area (Å²) in [5.74, 6) is 2.67. The molecule has 0 bridgehead atoms. The molecule has 1 aromatic heterocycles. The van der Waals surface area contributed by atoms with Gasteiger partial charge in [0, 0.05) is 19.6 Å². The molecule has 0 radical (unpaired) electrons. The van der Waals surface area contributed by atoms with Crippen LogP contribution in [0.2, 0.25) is 0 Å². The van der Waals surface area contributed by atoms with Crippen molar-refractivity contribution in [3.8, 4) is 11.5 Å². The number of carbonyl (C=O) groups excluding carboxylic acids is 1. The second-order valence-electron chi connectivity index (χ2n) is 6.80. The number of benzene rings is 1. The predicted octanol–water partition coefficient (Wildman–Crippen LogP) is 3.00. The lowest BCUT2D eigenvalue weighted by molar-refractivity contribution is -0.127. The molecule has 146 valence electrons. The first-order chi connectivity index (χ1) is 12.9. The zero-order chi connectivity index (χ0) is 19.6. The molecule has 0 unspecified atom stereocenters. The highest BCUT2D eigenvalue weighted by molar-refractivity contribution is 7.99. The summed E-state index contributed by atoms with van der Waals surface area (Å²) < 4.78 is 12.8. The van der Waals surface area contributed by atoms with E-state index in [0.29, 0.717) is 29.8 Å². The van der Waals surface area contributed by atoms with Crippen LogP contribution in [0.5, 0.6) is 11.5 Å². The van der Waals surface area contributed by atoms with Crippen LogP contribution in [-0.4, -0.2) is 52.6 Å². The molecule has 3 rings (SSSR count). The van der Waals surface area contributed by atoms with E-state index in [2.05, 4.69) is 14.8 Å². The van der Waals surface area contributed by atoms with Crippen molar-refractivity contribution in [1.29, 1.82) is 0 Å². The fourth-order valence-electron chi connectivity index (χ4n) is 2.97. The molecule has 2 aromatic rings. The number of hydrogen-bond donors (Lipinski definition) is 0. The van der Waals surface area contributed by atoms with Crippen molar-refractivity contribution in [3.05, 3.63) is 29.1 Å². The van der Waals surface area contributed by atoms with E-state index >= 15 is 0 Å². The summed E-state index contributed by atoms with van der Waals surface area (Å²) in [5, 5.41) is 9.21. The summed E-state index contributed by atoms with van der Waals surface area (Å²) in [6, 6.07) is 4.37. The maximum atomic E-state index is 12.6. The minimum absolute atomic E-state index is 0.0529. The summed E-state index contributed by atoms with van der Waals surface area (Å²) in [4.78, 5) is 14.3. The number of carbonyl (C=O) groups is 1. The Bertz CT molecular complexity index is 833. The Kier molecular flexibility index (Phi) is 5.94. The molecule has 0 N–H and O–H groups in total. The Morgan fingerprint density at radius 2 is 1.89 bits per heavy atom. The van der Waals surface area contributed by atoms with E-state index in [0.717, 1.165) is 22.1 Å². The van der Waals surface area contributed by atoms with Gasteiger partial charge in [0.15, 0.2) is 16.7 Å². The molecule has 0 atom stereocenters. The molecule has 1 aliphatic rings. The third-order valence-electron chi connectivity index (χ3n) is 4.75. The van der Waals surface area contributed by atoms with Crippen molar-refractivity contribution in [3.63, 3.8) is 0 Å². The molecular formula is C19H26N4O3S. The lowest BCUT2D eigenvalue weighted by Gasteiger charge is -2.20. The average Bonchev–Trinajstić information content (AvgIpc) is 3.43. The summed E-state index contributed by atoms with van der Waals surface area (Å²) in [6.07, 6.45) is 2.33. The first-order valence-corrected chi connectivity index (χ1v) is 9.93. The zero-order valence-electron chi connectivity index (χ0n) is 16.5. The van der Waals surface area contributed by atoms with Crippen LogP contribution >= 0.6 is 11.8 Å². The highest BCUT2D eigenvalue weighted by atomic mass is 32.2. The van der Waals surface area contributed by atoms with Gasteiger partial charge in [0.2, 0.25) is 5.91 Å². The van der Waals surface area contributed by atoms with Crippen LogP contribution in [0.15, 0.2) is 17.3 Å². The molecule has 0 saturated heterocycles. The average molecular weight is 391 g/mol. The van der Waals surface area contributed by atoms with E-state index in [1.54, 1.807) is 19.1 Å². The number of aromatic nitrogens is 3. The molecule has 1 fully saturated rings. The van der Waals surface area contributed by atoms with Gasteiger partial charge in [0.25, 0.3) is 0 Å². The van der Waals surface area contributed by atoms with Gasteiger partial charge in [-0.1, -0.05) is 11.8 Å². The summed E-state index contributed by atoms with van der Waals surface area (Å²) in [6.45, 7) is 4.48. The normalized spacial score (nSPS) is 13.5. The second kappa shape index (κ2) is 8.21. The van der Waals surface area contributed by atoms with E-state index in [9.17, 15) is 4.79 Å². The van der Waals surface area contributed by atoms with E-state index in [-0.39, 0.29) is 5.91 Å². The van der Waals surface area contributed by atoms with Gasteiger partial charge in [-0.25, -0.2) is 0 Å². The third kappa shape index (κ3) is 4.37. The summed E-state index contributed by atoms with van der Waals surface area (Å²) >= 11 is 1.45. The molecule has 0 spiro atoms. The van der Waals surface area contributed by atoms with Crippen molar-refractivity contribution in [2.45, 2.75) is 44.4 Å². The molecule has 7 nitrogen and oxygen atoms in total. The van der Waals surface area contributed by atoms with Crippen molar-refractivity contribution < 1.29 is 14.3 Å². The van der Waals surface area contributed by atoms with E-state index in [1.807, 2.05) is 33.0 Å². The molecular weight excluding hydrogens is 364 g/mol. The Hall–Kier alpha value is -2.22. The first-order valence-electron chi connectivity index (χ1n) is 8.94. The van der Waals surface area contributed by atoms with Crippen LogP contribution in [0.4, 0.5) is 0 Å². The van der Waals surface area contributed by atoms with Gasteiger partial charge in [0.05, 0.1) is 20.0 Å². The number of rotatable bonds is 8. The number of methoxy groups -OCH3 is 2. The topological polar surface area (TPSA) is 69.5 Å². The molecule has 1 amide bonds. The molecule has 1 saturated carbocycles. The van der Waals surface area contributed by atoms with Gasteiger partial charge < -0.3 is 18.9 Å². The number of aryl methyl sites for hydroxylation is 2. The van der Waals surface area contributed by atoms with Crippen LogP contribution in [0, 0.1) is 13.8 Å². The fraction of sp³-hybridized carbons (Fsp3) is 0.526. The van der Waals surface area contributed by atoms with Crippen LogP contribution in [0.25, 0.3) is 0 Å². The molecule has 0 aliphatic heterocycles. The number of amides is 1. The maximum Gasteiger partial charge on any atom is 0.233 e. The molecule has 1 aromatic carbocycles. The van der Waals surface area contributed by atoms with E-state index < -0.39 is 0 Å². The highest BCUT2D eigenvalue weighted by Crippen LogP contribution is 2.38. The van der Waals surface area contributed by atoms with Crippen molar-refractivity contribution in [2.24, 2.45) is 0 Å². The van der Waals surface area contributed by atoms with Gasteiger partial charge in [0.1, 0.15) is 5.82 Å². The lowest BCUT2D eigenvalue weighted by Crippen LogP contribution is -2.28. The minimum Gasteiger partial charge on any atom is -0.493 e. The van der Waals surface area contributed by atoms with Crippen molar-refractivity contribution in [1.82, 2.24) is 19.7 Å². The largest absolute Gasteiger partial charge is 0.493 e. The number of ether oxygens (including phenoxy) is 2. The standard InChI is InChI=1S/C19H26N4O3S/c1-12-8-16(25-4)17(26-5)9-14(12)10-22(3)18(24)11-27-19-21-20-13(2)23(19)15-6-7-15/h8-9,15H,6-7,10-11H2,1-5H3. The first kappa shape index (κ1) is 19.5. The van der Waals surface area contributed by atoms with Gasteiger partial charge in [-0.3, -0.25) is 4.79 Å². The maximum absolute atomic E-state index is 12.6. The zero-order valence-corrected chi connectivity index (χ0v) is 17.3. The summed E-state index contributed by atoms with van der Waals surface area (Å²) in [5.41, 5.74) is 2.09. The fourth-order valence-corrected chi connectivity index (χ4v) is 3.97. The van der Waals surface area contributed by atoms with Crippen LogP contribution in [0.3, 0.4) is 0 Å². The number of nitrogens with zero attached hydrogens (tertiary/aromatic N) is 4. The molecule has 1 heterocycles. The van der Waals surface area contributed by atoms with E-state index in [4.69, 9.17) is 9.47 Å².